The molecule has 1 aromatic carbocycles. The molecule has 1 saturated carbocycles. The number of thiophene rings is 1. The van der Waals surface area contributed by atoms with Crippen LogP contribution < -0.4 is 0 Å². The first kappa shape index (κ1) is 17.7. The molecule has 3 aromatic rings. The van der Waals surface area contributed by atoms with Crippen LogP contribution in [0.2, 0.25) is 0 Å². The summed E-state index contributed by atoms with van der Waals surface area (Å²) in [6.07, 6.45) is 1.93. The molecule has 0 spiro atoms. The summed E-state index contributed by atoms with van der Waals surface area (Å²) in [6, 6.07) is 13.8. The maximum atomic E-state index is 13.1. The largest absolute Gasteiger partial charge is 0.328 e. The van der Waals surface area contributed by atoms with Crippen molar-refractivity contribution in [3.05, 3.63) is 69.7 Å². The fraction of sp³-hybridized carbons (Fsp3) is 0.286. The van der Waals surface area contributed by atoms with E-state index in [0.717, 1.165) is 23.4 Å². The van der Waals surface area contributed by atoms with Crippen molar-refractivity contribution in [2.24, 2.45) is 0 Å². The molecule has 0 atom stereocenters. The number of carbonyl (C=O) groups excluding carboxylic acids is 2. The molecule has 5 nitrogen and oxygen atoms in total. The van der Waals surface area contributed by atoms with Gasteiger partial charge in [0.2, 0.25) is 0 Å². The molecule has 0 N–H and O–H groups in total. The molecule has 0 radical (unpaired) electrons. The van der Waals surface area contributed by atoms with E-state index in [1.807, 2.05) is 54.8 Å². The quantitative estimate of drug-likeness (QED) is 0.482. The van der Waals surface area contributed by atoms with Gasteiger partial charge in [-0.2, -0.15) is 5.10 Å². The van der Waals surface area contributed by atoms with Gasteiger partial charge in [-0.25, -0.2) is 4.68 Å². The Morgan fingerprint density at radius 2 is 1.89 bits per heavy atom. The summed E-state index contributed by atoms with van der Waals surface area (Å²) in [7, 11) is 0. The van der Waals surface area contributed by atoms with Crippen molar-refractivity contribution in [3.8, 4) is 5.69 Å². The number of amides is 1. The molecule has 2 heterocycles. The van der Waals surface area contributed by atoms with Gasteiger partial charge in [0.1, 0.15) is 0 Å². The predicted octanol–water partition coefficient (Wildman–Crippen LogP) is 3.92. The zero-order valence-electron chi connectivity index (χ0n) is 15.4. The van der Waals surface area contributed by atoms with Crippen LogP contribution in [0.25, 0.3) is 5.69 Å². The van der Waals surface area contributed by atoms with Crippen molar-refractivity contribution in [3.63, 3.8) is 0 Å². The molecule has 0 saturated heterocycles. The fourth-order valence-electron chi connectivity index (χ4n) is 3.35. The van der Waals surface area contributed by atoms with Crippen LogP contribution in [0.4, 0.5) is 0 Å². The monoisotopic (exact) mass is 379 g/mol. The molecule has 1 aliphatic rings. The minimum absolute atomic E-state index is 0.174. The van der Waals surface area contributed by atoms with E-state index in [4.69, 9.17) is 0 Å². The number of ketones is 1. The Morgan fingerprint density at radius 3 is 2.52 bits per heavy atom. The molecule has 1 fully saturated rings. The second-order valence-corrected chi connectivity index (χ2v) is 7.90. The molecular weight excluding hydrogens is 358 g/mol. The smallest absolute Gasteiger partial charge is 0.295 e. The van der Waals surface area contributed by atoms with Gasteiger partial charge in [0.25, 0.3) is 11.7 Å². The van der Waals surface area contributed by atoms with Gasteiger partial charge in [-0.1, -0.05) is 24.3 Å². The minimum atomic E-state index is -0.462. The van der Waals surface area contributed by atoms with Crippen molar-refractivity contribution >= 4 is 23.0 Å². The molecule has 27 heavy (non-hydrogen) atoms. The van der Waals surface area contributed by atoms with E-state index in [-0.39, 0.29) is 6.04 Å². The van der Waals surface area contributed by atoms with E-state index in [0.29, 0.717) is 23.5 Å². The Hall–Kier alpha value is -2.73. The molecule has 2 aromatic heterocycles. The number of para-hydroxylation sites is 1. The Balaban J connectivity index is 1.64. The number of carbonyl (C=O) groups is 2. The van der Waals surface area contributed by atoms with E-state index in [1.165, 1.54) is 0 Å². The normalized spacial score (nSPS) is 13.6. The average Bonchev–Trinajstić information content (AvgIpc) is 3.30. The highest BCUT2D eigenvalue weighted by molar-refractivity contribution is 7.09. The highest BCUT2D eigenvalue weighted by Gasteiger charge is 2.37. The van der Waals surface area contributed by atoms with Crippen LogP contribution in [0.5, 0.6) is 0 Å². The van der Waals surface area contributed by atoms with Crippen LogP contribution in [0, 0.1) is 13.8 Å². The molecule has 138 valence electrons. The standard InChI is InChI=1S/C21H21N3O2S/c1-14-19(15(2)24(22-14)17-7-4-3-5-8-17)20(25)21(26)23(16-10-11-16)13-18-9-6-12-27-18/h3-9,12,16H,10-11,13H2,1-2H3. The number of rotatable bonds is 6. The lowest BCUT2D eigenvalue weighted by Crippen LogP contribution is -2.38. The molecule has 0 aliphatic heterocycles. The first-order valence-electron chi connectivity index (χ1n) is 9.05. The Labute approximate surface area is 162 Å². The van der Waals surface area contributed by atoms with Crippen LogP contribution in [-0.2, 0) is 11.3 Å². The maximum absolute atomic E-state index is 13.1. The topological polar surface area (TPSA) is 55.2 Å². The highest BCUT2D eigenvalue weighted by Crippen LogP contribution is 2.30. The first-order chi connectivity index (χ1) is 13.1. The summed E-state index contributed by atoms with van der Waals surface area (Å²) in [5, 5.41) is 6.50. The third-order valence-electron chi connectivity index (χ3n) is 4.87. The van der Waals surface area contributed by atoms with E-state index in [1.54, 1.807) is 27.8 Å². The third kappa shape index (κ3) is 3.45. The molecule has 6 heteroatoms. The molecule has 1 amide bonds. The number of Topliss-reactive ketones (excluding diaryl/α,β-unsaturated/α-hetero) is 1. The second-order valence-electron chi connectivity index (χ2n) is 6.87. The molecular formula is C21H21N3O2S. The van der Waals surface area contributed by atoms with E-state index < -0.39 is 11.7 Å². The number of aryl methyl sites for hydroxylation is 1. The molecule has 0 unspecified atom stereocenters. The van der Waals surface area contributed by atoms with Crippen LogP contribution in [0.3, 0.4) is 0 Å². The molecule has 1 aliphatic carbocycles. The van der Waals surface area contributed by atoms with Crippen molar-refractivity contribution in [1.29, 1.82) is 0 Å². The van der Waals surface area contributed by atoms with Crippen LogP contribution in [0.1, 0.15) is 39.5 Å². The number of nitrogens with zero attached hydrogens (tertiary/aromatic N) is 3. The van der Waals surface area contributed by atoms with Gasteiger partial charge in [-0.05, 0) is 50.3 Å². The highest BCUT2D eigenvalue weighted by atomic mass is 32.1. The van der Waals surface area contributed by atoms with Crippen LogP contribution in [0.15, 0.2) is 47.8 Å². The van der Waals surface area contributed by atoms with E-state index in [2.05, 4.69) is 5.10 Å². The van der Waals surface area contributed by atoms with E-state index in [9.17, 15) is 9.59 Å². The summed E-state index contributed by atoms with van der Waals surface area (Å²) in [4.78, 5) is 29.0. The summed E-state index contributed by atoms with van der Waals surface area (Å²) in [6.45, 7) is 4.12. The lowest BCUT2D eigenvalue weighted by Gasteiger charge is -2.21. The Bertz CT molecular complexity index is 973. The Kier molecular flexibility index (Phi) is 4.66. The zero-order valence-corrected chi connectivity index (χ0v) is 16.2. The molecule has 4 rings (SSSR count). The van der Waals surface area contributed by atoms with Gasteiger partial charge in [0, 0.05) is 10.9 Å². The van der Waals surface area contributed by atoms with Gasteiger partial charge in [0.05, 0.1) is 29.2 Å². The van der Waals surface area contributed by atoms with Crippen molar-refractivity contribution < 1.29 is 9.59 Å². The Morgan fingerprint density at radius 1 is 1.15 bits per heavy atom. The number of benzene rings is 1. The second kappa shape index (κ2) is 7.12. The van der Waals surface area contributed by atoms with Gasteiger partial charge >= 0.3 is 0 Å². The average molecular weight is 379 g/mol. The van der Waals surface area contributed by atoms with Crippen molar-refractivity contribution in [2.45, 2.75) is 39.3 Å². The van der Waals surface area contributed by atoms with Gasteiger partial charge in [-0.3, -0.25) is 9.59 Å². The summed E-state index contributed by atoms with van der Waals surface area (Å²) >= 11 is 1.61. The maximum Gasteiger partial charge on any atom is 0.295 e. The van der Waals surface area contributed by atoms with Crippen LogP contribution in [-0.4, -0.2) is 32.4 Å². The lowest BCUT2D eigenvalue weighted by molar-refractivity contribution is -0.127. The fourth-order valence-corrected chi connectivity index (χ4v) is 4.06. The predicted molar refractivity (Wildman–Crippen MR) is 105 cm³/mol. The molecule has 0 bridgehead atoms. The van der Waals surface area contributed by atoms with Gasteiger partial charge in [-0.15, -0.1) is 11.3 Å². The number of hydrogen-bond acceptors (Lipinski definition) is 4. The zero-order chi connectivity index (χ0) is 19.0. The van der Waals surface area contributed by atoms with Crippen LogP contribution >= 0.6 is 11.3 Å². The summed E-state index contributed by atoms with van der Waals surface area (Å²) in [5.74, 6) is -0.889. The van der Waals surface area contributed by atoms with Gasteiger partial charge < -0.3 is 4.90 Å². The third-order valence-corrected chi connectivity index (χ3v) is 5.73. The van der Waals surface area contributed by atoms with Crippen molar-refractivity contribution in [2.75, 3.05) is 0 Å². The summed E-state index contributed by atoms with van der Waals surface area (Å²) in [5.41, 5.74) is 2.58. The lowest BCUT2D eigenvalue weighted by atomic mass is 10.1. The van der Waals surface area contributed by atoms with Crippen molar-refractivity contribution in [1.82, 2.24) is 14.7 Å². The minimum Gasteiger partial charge on any atom is -0.328 e. The number of hydrogen-bond donors (Lipinski definition) is 0. The van der Waals surface area contributed by atoms with E-state index >= 15 is 0 Å². The first-order valence-corrected chi connectivity index (χ1v) is 9.93. The SMILES string of the molecule is Cc1nn(-c2ccccc2)c(C)c1C(=O)C(=O)N(Cc1cccs1)C1CC1. The summed E-state index contributed by atoms with van der Waals surface area (Å²) < 4.78 is 1.73. The number of aromatic nitrogens is 2. The van der Waals surface area contributed by atoms with Gasteiger partial charge in [0.15, 0.2) is 0 Å².